The number of halogens is 2. The number of nitrogens with zero attached hydrogens (tertiary/aromatic N) is 1. The number of rotatable bonds is 2. The van der Waals surface area contributed by atoms with Crippen LogP contribution in [0.4, 0.5) is 0 Å². The maximum absolute atomic E-state index is 10.7. The second-order valence-corrected chi connectivity index (χ2v) is 5.22. The average molecular weight is 306 g/mol. The normalized spacial score (nSPS) is 11.7. The highest BCUT2D eigenvalue weighted by Crippen LogP contribution is 2.32. The van der Waals surface area contributed by atoms with Gasteiger partial charge in [-0.25, -0.2) is 4.79 Å². The lowest BCUT2D eigenvalue weighted by molar-refractivity contribution is -0.131. The second kappa shape index (κ2) is 4.85. The number of hydrogen-bond acceptors (Lipinski definition) is 1. The SMILES string of the molecule is O=C(O)/C=C/n1c2ccc(Cl)cc2c2cc(Cl)ccc21. The molecule has 3 aromatic rings. The first-order valence-corrected chi connectivity index (χ1v) is 6.62. The Balaban J connectivity index is 2.43. The Morgan fingerprint density at radius 3 is 1.95 bits per heavy atom. The van der Waals surface area contributed by atoms with Gasteiger partial charge in [-0.2, -0.15) is 0 Å². The number of hydrogen-bond donors (Lipinski definition) is 1. The van der Waals surface area contributed by atoms with Gasteiger partial charge in [0.25, 0.3) is 0 Å². The largest absolute Gasteiger partial charge is 0.478 e. The lowest BCUT2D eigenvalue weighted by Gasteiger charge is -1.99. The van der Waals surface area contributed by atoms with Gasteiger partial charge in [-0.3, -0.25) is 0 Å². The van der Waals surface area contributed by atoms with Gasteiger partial charge in [0, 0.05) is 33.1 Å². The van der Waals surface area contributed by atoms with Crippen molar-refractivity contribution in [2.75, 3.05) is 0 Å². The first kappa shape index (κ1) is 13.0. The molecule has 0 aliphatic carbocycles. The van der Waals surface area contributed by atoms with Crippen molar-refractivity contribution in [3.05, 3.63) is 52.5 Å². The molecule has 0 aliphatic rings. The Bertz CT molecular complexity index is 806. The van der Waals surface area contributed by atoms with Crippen molar-refractivity contribution in [3.63, 3.8) is 0 Å². The number of fused-ring (bicyclic) bond motifs is 3. The lowest BCUT2D eigenvalue weighted by atomic mass is 10.1. The van der Waals surface area contributed by atoms with E-state index >= 15 is 0 Å². The first-order chi connectivity index (χ1) is 9.56. The van der Waals surface area contributed by atoms with E-state index in [4.69, 9.17) is 28.3 Å². The zero-order valence-electron chi connectivity index (χ0n) is 10.2. The van der Waals surface area contributed by atoms with Crippen LogP contribution in [0.2, 0.25) is 10.0 Å². The third kappa shape index (κ3) is 2.15. The minimum atomic E-state index is -0.997. The van der Waals surface area contributed by atoms with Gasteiger partial charge in [-0.15, -0.1) is 0 Å². The van der Waals surface area contributed by atoms with E-state index in [-0.39, 0.29) is 0 Å². The van der Waals surface area contributed by atoms with E-state index in [0.717, 1.165) is 27.9 Å². The van der Waals surface area contributed by atoms with Crippen molar-refractivity contribution in [1.82, 2.24) is 4.57 Å². The standard InChI is InChI=1S/C15H9Cl2NO2/c16-9-1-3-13-11(7-9)12-8-10(17)2-4-14(12)18(13)6-5-15(19)20/h1-8H,(H,19,20)/b6-5+. The predicted molar refractivity (Wildman–Crippen MR) is 82.4 cm³/mol. The summed E-state index contributed by atoms with van der Waals surface area (Å²) in [5.74, 6) is -0.997. The maximum atomic E-state index is 10.7. The Morgan fingerprint density at radius 1 is 1.00 bits per heavy atom. The molecule has 1 N–H and O–H groups in total. The summed E-state index contributed by atoms with van der Waals surface area (Å²) in [5.41, 5.74) is 1.76. The lowest BCUT2D eigenvalue weighted by Crippen LogP contribution is -1.90. The van der Waals surface area contributed by atoms with Gasteiger partial charge >= 0.3 is 5.97 Å². The van der Waals surface area contributed by atoms with E-state index in [1.165, 1.54) is 6.20 Å². The van der Waals surface area contributed by atoms with Crippen LogP contribution in [0.15, 0.2) is 42.5 Å². The van der Waals surface area contributed by atoms with Crippen molar-refractivity contribution in [1.29, 1.82) is 0 Å². The maximum Gasteiger partial charge on any atom is 0.329 e. The molecule has 0 spiro atoms. The summed E-state index contributed by atoms with van der Waals surface area (Å²) < 4.78 is 1.81. The molecule has 5 heteroatoms. The molecular formula is C15H9Cl2NO2. The summed E-state index contributed by atoms with van der Waals surface area (Å²) in [7, 11) is 0. The first-order valence-electron chi connectivity index (χ1n) is 5.86. The minimum absolute atomic E-state index is 0.624. The highest BCUT2D eigenvalue weighted by atomic mass is 35.5. The molecule has 0 bridgehead atoms. The zero-order chi connectivity index (χ0) is 14.3. The highest BCUT2D eigenvalue weighted by Gasteiger charge is 2.10. The fourth-order valence-corrected chi connectivity index (χ4v) is 2.64. The van der Waals surface area contributed by atoms with Crippen LogP contribution in [-0.4, -0.2) is 15.6 Å². The van der Waals surface area contributed by atoms with Gasteiger partial charge < -0.3 is 9.67 Å². The van der Waals surface area contributed by atoms with Gasteiger partial charge in [0.1, 0.15) is 0 Å². The molecule has 0 fully saturated rings. The molecule has 1 heterocycles. The molecule has 3 rings (SSSR count). The Morgan fingerprint density at radius 2 is 1.50 bits per heavy atom. The van der Waals surface area contributed by atoms with Crippen molar-refractivity contribution < 1.29 is 9.90 Å². The van der Waals surface area contributed by atoms with Crippen LogP contribution >= 0.6 is 23.2 Å². The number of benzene rings is 2. The van der Waals surface area contributed by atoms with Gasteiger partial charge in [-0.1, -0.05) is 23.2 Å². The van der Waals surface area contributed by atoms with Gasteiger partial charge in [0.05, 0.1) is 11.0 Å². The third-order valence-electron chi connectivity index (χ3n) is 3.09. The predicted octanol–water partition coefficient (Wildman–Crippen LogP) is 4.66. The van der Waals surface area contributed by atoms with Crippen LogP contribution in [-0.2, 0) is 4.79 Å². The van der Waals surface area contributed by atoms with E-state index in [2.05, 4.69) is 0 Å². The topological polar surface area (TPSA) is 42.2 Å². The van der Waals surface area contributed by atoms with Crippen LogP contribution in [0, 0.1) is 0 Å². The molecule has 0 unspecified atom stereocenters. The van der Waals surface area contributed by atoms with E-state index < -0.39 is 5.97 Å². The van der Waals surface area contributed by atoms with Crippen molar-refractivity contribution >= 4 is 57.2 Å². The van der Waals surface area contributed by atoms with Crippen molar-refractivity contribution in [3.8, 4) is 0 Å². The Hall–Kier alpha value is -1.97. The molecule has 0 saturated carbocycles. The van der Waals surface area contributed by atoms with E-state index in [0.29, 0.717) is 10.0 Å². The molecule has 100 valence electrons. The Kier molecular flexibility index (Phi) is 3.16. The van der Waals surface area contributed by atoms with Crippen molar-refractivity contribution in [2.45, 2.75) is 0 Å². The van der Waals surface area contributed by atoms with Crippen LogP contribution < -0.4 is 0 Å². The molecule has 1 aromatic heterocycles. The summed E-state index contributed by atoms with van der Waals surface area (Å²) in [6.45, 7) is 0. The monoisotopic (exact) mass is 305 g/mol. The number of aliphatic carboxylic acids is 1. The quantitative estimate of drug-likeness (QED) is 0.700. The summed E-state index contributed by atoms with van der Waals surface area (Å²) in [4.78, 5) is 10.7. The summed E-state index contributed by atoms with van der Waals surface area (Å²) in [6.07, 6.45) is 2.62. The number of carbonyl (C=O) groups is 1. The van der Waals surface area contributed by atoms with E-state index in [9.17, 15) is 4.79 Å². The fourth-order valence-electron chi connectivity index (χ4n) is 2.30. The summed E-state index contributed by atoms with van der Waals surface area (Å²) in [5, 5.41) is 11.9. The average Bonchev–Trinajstić information content (AvgIpc) is 2.69. The molecule has 0 atom stereocenters. The van der Waals surface area contributed by atoms with Crippen LogP contribution in [0.3, 0.4) is 0 Å². The van der Waals surface area contributed by atoms with Gasteiger partial charge in [0.15, 0.2) is 0 Å². The van der Waals surface area contributed by atoms with Crippen LogP contribution in [0.5, 0.6) is 0 Å². The molecule has 20 heavy (non-hydrogen) atoms. The molecule has 0 radical (unpaired) electrons. The second-order valence-electron chi connectivity index (χ2n) is 4.35. The number of aromatic nitrogens is 1. The van der Waals surface area contributed by atoms with Crippen molar-refractivity contribution in [2.24, 2.45) is 0 Å². The molecule has 2 aromatic carbocycles. The Labute approximate surface area is 124 Å². The fraction of sp³-hybridized carbons (Fsp3) is 0. The molecule has 0 saturated heterocycles. The zero-order valence-corrected chi connectivity index (χ0v) is 11.7. The molecular weight excluding hydrogens is 297 g/mol. The summed E-state index contributed by atoms with van der Waals surface area (Å²) in [6, 6.07) is 11.0. The van der Waals surface area contributed by atoms with Crippen LogP contribution in [0.1, 0.15) is 0 Å². The van der Waals surface area contributed by atoms with Gasteiger partial charge in [0.2, 0.25) is 0 Å². The molecule has 3 nitrogen and oxygen atoms in total. The van der Waals surface area contributed by atoms with E-state index in [1.54, 1.807) is 12.1 Å². The smallest absolute Gasteiger partial charge is 0.329 e. The number of carboxylic acids is 1. The van der Waals surface area contributed by atoms with E-state index in [1.807, 2.05) is 28.8 Å². The molecule has 0 aliphatic heterocycles. The summed E-state index contributed by atoms with van der Waals surface area (Å²) >= 11 is 12.1. The minimum Gasteiger partial charge on any atom is -0.478 e. The van der Waals surface area contributed by atoms with Gasteiger partial charge in [-0.05, 0) is 36.4 Å². The highest BCUT2D eigenvalue weighted by molar-refractivity contribution is 6.33. The number of carboxylic acid groups (broad SMARTS) is 1. The van der Waals surface area contributed by atoms with Crippen LogP contribution in [0.25, 0.3) is 28.0 Å². The molecule has 0 amide bonds. The third-order valence-corrected chi connectivity index (χ3v) is 3.56.